The van der Waals surface area contributed by atoms with Crippen LogP contribution in [0.1, 0.15) is 26.3 Å². The van der Waals surface area contributed by atoms with Gasteiger partial charge in [-0.2, -0.15) is 0 Å². The molecule has 1 aliphatic heterocycles. The molecule has 1 fully saturated rings. The second-order valence-corrected chi connectivity index (χ2v) is 15.6. The van der Waals surface area contributed by atoms with Crippen molar-refractivity contribution >= 4 is 71.5 Å². The second-order valence-electron chi connectivity index (χ2n) is 9.94. The Balaban J connectivity index is 1.36. The van der Waals surface area contributed by atoms with Gasteiger partial charge in [-0.1, -0.05) is 12.2 Å². The largest absolute Gasteiger partial charge is 0.392 e. The number of hydrogen-bond donors (Lipinski definition) is 6. The molecule has 4 aromatic heterocycles. The van der Waals surface area contributed by atoms with Gasteiger partial charge >= 0.3 is 13.5 Å². The summed E-state index contributed by atoms with van der Waals surface area (Å²) in [5.41, 5.74) is 12.9. The molecule has 1 saturated heterocycles. The number of imidazole rings is 2. The highest BCUT2D eigenvalue weighted by atomic mass is 32.7. The van der Waals surface area contributed by atoms with Gasteiger partial charge in [0.05, 0.1) is 51.3 Å². The first-order chi connectivity index (χ1) is 21.8. The van der Waals surface area contributed by atoms with Gasteiger partial charge < -0.3 is 45.1 Å². The Morgan fingerprint density at radius 2 is 1.35 bits per heavy atom. The molecule has 0 radical (unpaired) electrons. The monoisotopic (exact) mass is 722 g/mol. The van der Waals surface area contributed by atoms with E-state index in [2.05, 4.69) is 42.2 Å². The number of aromatic nitrogens is 8. The highest BCUT2D eigenvalue weighted by molar-refractivity contribution is 8.44. The van der Waals surface area contributed by atoms with Crippen LogP contribution >= 0.6 is 25.8 Å². The van der Waals surface area contributed by atoms with Crippen LogP contribution < -0.4 is 11.5 Å². The molecule has 46 heavy (non-hydrogen) atoms. The fourth-order valence-electron chi connectivity index (χ4n) is 4.48. The Hall–Kier alpha value is -2.43. The summed E-state index contributed by atoms with van der Waals surface area (Å²) in [4.78, 5) is 35.4. The zero-order chi connectivity index (χ0) is 33.2. The standard InChI is InChI=1S/C22H32N10O10P2S2/c1-11-13(39-15(3-33)31-9-29-17-19(23)25-7-27-21(17)31)5-37-44(36,46)42-12(2)14(6-38-43(35,45)41-11)40-16(4-34)32-10-30-18-20(24)26-8-28-22(18)32/h7-16,33-34H,3-6H2,1-2H3,(H,35,45)(H,36,46)(H2,23,25,27)(H2,24,26,28)/t11-,12-,13-,14?,15?,16?,43?,44?/m1/s1. The van der Waals surface area contributed by atoms with Crippen molar-refractivity contribution in [3.63, 3.8) is 0 Å². The summed E-state index contributed by atoms with van der Waals surface area (Å²) in [6.07, 6.45) is -1.46. The molecule has 5 heterocycles. The number of ether oxygens (including phenoxy) is 2. The van der Waals surface area contributed by atoms with E-state index < -0.39 is 76.8 Å². The third-order valence-electron chi connectivity index (χ3n) is 6.82. The van der Waals surface area contributed by atoms with E-state index in [9.17, 15) is 19.7 Å². The Labute approximate surface area is 271 Å². The number of aliphatic hydroxyl groups is 2. The summed E-state index contributed by atoms with van der Waals surface area (Å²) in [5, 5.41) is 20.4. The van der Waals surface area contributed by atoms with Gasteiger partial charge in [0, 0.05) is 0 Å². The van der Waals surface area contributed by atoms with Crippen LogP contribution in [0.3, 0.4) is 0 Å². The number of nitrogens with zero attached hydrogens (tertiary/aromatic N) is 8. The first-order valence-corrected chi connectivity index (χ1v) is 18.8. The van der Waals surface area contributed by atoms with E-state index in [-0.39, 0.29) is 34.0 Å². The summed E-state index contributed by atoms with van der Waals surface area (Å²) < 4.78 is 50.9. The Bertz CT molecular complexity index is 1640. The lowest BCUT2D eigenvalue weighted by molar-refractivity contribution is -0.139. The minimum Gasteiger partial charge on any atom is -0.392 e. The van der Waals surface area contributed by atoms with E-state index in [4.69, 9.17) is 50.8 Å². The maximum absolute atomic E-state index is 13.4. The first kappa shape index (κ1) is 34.9. The van der Waals surface area contributed by atoms with Gasteiger partial charge in [0.2, 0.25) is 0 Å². The zero-order valence-corrected chi connectivity index (χ0v) is 27.8. The highest BCUT2D eigenvalue weighted by Crippen LogP contribution is 2.55. The molecular weight excluding hydrogens is 690 g/mol. The average Bonchev–Trinajstić information content (AvgIpc) is 3.63. The van der Waals surface area contributed by atoms with Crippen LogP contribution in [0.25, 0.3) is 22.3 Å². The average molecular weight is 723 g/mol. The molecular formula is C22H32N10O10P2S2. The van der Waals surface area contributed by atoms with Crippen molar-refractivity contribution < 1.29 is 47.2 Å². The Morgan fingerprint density at radius 1 is 0.891 bits per heavy atom. The van der Waals surface area contributed by atoms with Crippen LogP contribution in [0.4, 0.5) is 11.6 Å². The van der Waals surface area contributed by atoms with Gasteiger partial charge in [-0.25, -0.2) is 34.5 Å². The van der Waals surface area contributed by atoms with Crippen LogP contribution in [0.2, 0.25) is 0 Å². The lowest BCUT2D eigenvalue weighted by Gasteiger charge is -2.34. The molecule has 1 aliphatic rings. The van der Waals surface area contributed by atoms with E-state index in [0.717, 1.165) is 0 Å². The lowest BCUT2D eigenvalue weighted by Crippen LogP contribution is -2.39. The molecule has 24 heteroatoms. The van der Waals surface area contributed by atoms with Gasteiger partial charge in [0.15, 0.2) is 35.4 Å². The van der Waals surface area contributed by atoms with Crippen molar-refractivity contribution in [2.75, 3.05) is 37.9 Å². The number of nitrogens with two attached hydrogens (primary N) is 2. The summed E-state index contributed by atoms with van der Waals surface area (Å²) >= 11 is 9.37. The van der Waals surface area contributed by atoms with E-state index in [1.165, 1.54) is 48.3 Å². The molecule has 5 unspecified atom stereocenters. The predicted molar refractivity (Wildman–Crippen MR) is 168 cm³/mol. The Morgan fingerprint density at radius 3 is 1.83 bits per heavy atom. The number of anilines is 2. The van der Waals surface area contributed by atoms with E-state index in [1.54, 1.807) is 0 Å². The minimum absolute atomic E-state index is 0.122. The quantitative estimate of drug-likeness (QED) is 0.108. The van der Waals surface area contributed by atoms with Crippen LogP contribution in [0.15, 0.2) is 25.3 Å². The summed E-state index contributed by atoms with van der Waals surface area (Å²) in [7, 11) is 0. The number of rotatable bonds is 8. The van der Waals surface area contributed by atoms with E-state index >= 15 is 0 Å². The topological polar surface area (TPSA) is 272 Å². The van der Waals surface area contributed by atoms with Gasteiger partial charge in [0.25, 0.3) is 0 Å². The van der Waals surface area contributed by atoms with Crippen molar-refractivity contribution in [3.05, 3.63) is 25.3 Å². The molecule has 0 aliphatic carbocycles. The lowest BCUT2D eigenvalue weighted by atomic mass is 10.2. The van der Waals surface area contributed by atoms with Crippen LogP contribution in [0.5, 0.6) is 0 Å². The van der Waals surface area contributed by atoms with Crippen LogP contribution in [0, 0.1) is 0 Å². The number of nitrogen functional groups attached to an aromatic ring is 2. The van der Waals surface area contributed by atoms with Gasteiger partial charge in [0.1, 0.15) is 35.9 Å². The number of fused-ring (bicyclic) bond motifs is 2. The predicted octanol–water partition coefficient (Wildman–Crippen LogP) is 0.694. The normalized spacial score (nSPS) is 29.7. The third-order valence-corrected chi connectivity index (χ3v) is 10.2. The van der Waals surface area contributed by atoms with Crippen molar-refractivity contribution in [2.24, 2.45) is 0 Å². The minimum atomic E-state index is -4.14. The van der Waals surface area contributed by atoms with E-state index in [0.29, 0.717) is 0 Å². The summed E-state index contributed by atoms with van der Waals surface area (Å²) in [6.45, 7) is -7.18. The van der Waals surface area contributed by atoms with Crippen molar-refractivity contribution in [1.82, 2.24) is 39.0 Å². The maximum Gasteiger partial charge on any atom is 0.386 e. The third kappa shape index (κ3) is 7.81. The number of hydrogen-bond acceptors (Lipinski definition) is 18. The molecule has 252 valence electrons. The SMILES string of the molecule is C[C@H]1OP(O)(=S)OC[C@@H](OC(CO)n2cnc3c(N)ncnc32)[C@@H](C)OP(=O)(S)OCC1OC(CO)n1cnc2c(N)ncnc21. The zero-order valence-electron chi connectivity index (χ0n) is 24.3. The smallest absolute Gasteiger partial charge is 0.386 e. The van der Waals surface area contributed by atoms with Crippen molar-refractivity contribution in [3.8, 4) is 0 Å². The molecule has 5 rings (SSSR count). The molecule has 0 saturated carbocycles. The van der Waals surface area contributed by atoms with Gasteiger partial charge in [-0.05, 0) is 25.7 Å². The van der Waals surface area contributed by atoms with Gasteiger partial charge in [-0.15, -0.1) is 0 Å². The molecule has 0 spiro atoms. The number of aliphatic hydroxyl groups excluding tert-OH is 2. The molecule has 0 amide bonds. The Kier molecular flexibility index (Phi) is 10.9. The molecule has 0 bridgehead atoms. The molecule has 0 aromatic carbocycles. The molecule has 20 nitrogen and oxygen atoms in total. The van der Waals surface area contributed by atoms with Crippen LogP contribution in [-0.2, 0) is 43.9 Å². The fourth-order valence-corrected chi connectivity index (χ4v) is 7.62. The second kappa shape index (κ2) is 14.4. The van der Waals surface area contributed by atoms with Crippen molar-refractivity contribution in [2.45, 2.75) is 50.7 Å². The number of thiol groups is 1. The van der Waals surface area contributed by atoms with Gasteiger partial charge in [-0.3, -0.25) is 18.2 Å². The molecule has 8 atom stereocenters. The summed E-state index contributed by atoms with van der Waals surface area (Å²) in [6, 6.07) is 0. The molecule has 4 aromatic rings. The molecule has 7 N–H and O–H groups in total. The highest BCUT2D eigenvalue weighted by Gasteiger charge is 2.37. The fraction of sp³-hybridized carbons (Fsp3) is 0.545. The first-order valence-electron chi connectivity index (χ1n) is 13.5. The van der Waals surface area contributed by atoms with E-state index in [1.807, 2.05) is 0 Å². The summed E-state index contributed by atoms with van der Waals surface area (Å²) in [5.74, 6) is 0.244. The van der Waals surface area contributed by atoms with Crippen LogP contribution in [-0.4, -0.2) is 105 Å². The maximum atomic E-state index is 13.4. The van der Waals surface area contributed by atoms with Crippen molar-refractivity contribution in [1.29, 1.82) is 0 Å².